The van der Waals surface area contributed by atoms with E-state index in [4.69, 9.17) is 0 Å². The number of nitrogens with one attached hydrogen (secondary N) is 1. The summed E-state index contributed by atoms with van der Waals surface area (Å²) in [5.74, 6) is 1.53. The summed E-state index contributed by atoms with van der Waals surface area (Å²) in [6, 6.07) is 8.84. The molecule has 32 heavy (non-hydrogen) atoms. The molecule has 2 fully saturated rings. The lowest BCUT2D eigenvalue weighted by Gasteiger charge is -2.34. The van der Waals surface area contributed by atoms with E-state index in [-0.39, 0.29) is 24.0 Å². The van der Waals surface area contributed by atoms with Crippen LogP contribution in [0.4, 0.5) is 0 Å². The summed E-state index contributed by atoms with van der Waals surface area (Å²) in [6.45, 7) is 11.9. The fraction of sp³-hybridized carbons (Fsp3) is 0.583. The molecule has 1 unspecified atom stereocenters. The van der Waals surface area contributed by atoms with Crippen LogP contribution < -0.4 is 5.32 Å². The van der Waals surface area contributed by atoms with E-state index in [1.165, 1.54) is 29.8 Å². The average Bonchev–Trinajstić information content (AvgIpc) is 3.45. The van der Waals surface area contributed by atoms with Crippen molar-refractivity contribution in [1.82, 2.24) is 29.8 Å². The van der Waals surface area contributed by atoms with Gasteiger partial charge in [0.05, 0.1) is 6.20 Å². The molecule has 1 aromatic heterocycles. The Morgan fingerprint density at radius 1 is 1.09 bits per heavy atom. The van der Waals surface area contributed by atoms with E-state index in [0.29, 0.717) is 5.92 Å². The molecule has 7 nitrogen and oxygen atoms in total. The molecule has 0 aliphatic carbocycles. The number of benzene rings is 1. The molecule has 2 saturated heterocycles. The number of aliphatic imine (C=N–C) groups is 1. The molecule has 0 bridgehead atoms. The second-order valence-electron chi connectivity index (χ2n) is 8.76. The zero-order valence-electron chi connectivity index (χ0n) is 19.7. The first-order valence-corrected chi connectivity index (χ1v) is 11.6. The van der Waals surface area contributed by atoms with Crippen LogP contribution in [-0.4, -0.2) is 83.3 Å². The van der Waals surface area contributed by atoms with E-state index in [1.807, 2.05) is 25.0 Å². The predicted molar refractivity (Wildman–Crippen MR) is 142 cm³/mol. The number of nitrogens with zero attached hydrogens (tertiary/aromatic N) is 6. The SMILES string of the molecule is CCN1CCN(Cc2ccccc2CNC(=NC)N2CCC(c3cnn(C)c3)C2)CC1.I. The number of piperazine rings is 1. The van der Waals surface area contributed by atoms with Crippen molar-refractivity contribution < 1.29 is 0 Å². The Morgan fingerprint density at radius 2 is 1.81 bits per heavy atom. The third kappa shape index (κ3) is 6.23. The summed E-state index contributed by atoms with van der Waals surface area (Å²) in [6.07, 6.45) is 5.29. The van der Waals surface area contributed by atoms with E-state index in [0.717, 1.165) is 58.2 Å². The van der Waals surface area contributed by atoms with Crippen molar-refractivity contribution in [2.24, 2.45) is 12.0 Å². The van der Waals surface area contributed by atoms with Crippen LogP contribution in [0.25, 0.3) is 0 Å². The number of likely N-dealkylation sites (N-methyl/N-ethyl adjacent to an activating group) is 1. The van der Waals surface area contributed by atoms with Crippen LogP contribution in [0.1, 0.15) is 36.0 Å². The minimum Gasteiger partial charge on any atom is -0.352 e. The highest BCUT2D eigenvalue weighted by Gasteiger charge is 2.27. The standard InChI is InChI=1S/C24H37N7.HI/c1-4-29-11-13-30(14-12-29)18-21-8-6-5-7-20(21)15-26-24(25-2)31-10-9-22(19-31)23-16-27-28(3)17-23;/h5-8,16-17,22H,4,9-15,18-19H2,1-3H3,(H,25,26);1H. The van der Waals surface area contributed by atoms with Gasteiger partial charge in [0.1, 0.15) is 0 Å². The average molecular weight is 552 g/mol. The first kappa shape index (κ1) is 25.0. The van der Waals surface area contributed by atoms with E-state index in [2.05, 4.69) is 67.5 Å². The van der Waals surface area contributed by atoms with E-state index in [9.17, 15) is 0 Å². The quantitative estimate of drug-likeness (QED) is 0.340. The molecule has 1 N–H and O–H groups in total. The van der Waals surface area contributed by atoms with E-state index < -0.39 is 0 Å². The van der Waals surface area contributed by atoms with Gasteiger partial charge in [-0.3, -0.25) is 14.6 Å². The van der Waals surface area contributed by atoms with Gasteiger partial charge in [-0.25, -0.2) is 0 Å². The number of hydrogen-bond acceptors (Lipinski definition) is 4. The molecule has 0 radical (unpaired) electrons. The van der Waals surface area contributed by atoms with Crippen molar-refractivity contribution in [3.05, 3.63) is 53.3 Å². The molecular weight excluding hydrogens is 513 g/mol. The number of guanidine groups is 1. The van der Waals surface area contributed by atoms with Crippen molar-refractivity contribution in [3.63, 3.8) is 0 Å². The van der Waals surface area contributed by atoms with Crippen LogP contribution in [0.3, 0.4) is 0 Å². The zero-order valence-corrected chi connectivity index (χ0v) is 22.0. The lowest BCUT2D eigenvalue weighted by Crippen LogP contribution is -2.45. The fourth-order valence-corrected chi connectivity index (χ4v) is 4.77. The first-order chi connectivity index (χ1) is 15.2. The van der Waals surface area contributed by atoms with Crippen molar-refractivity contribution in [2.75, 3.05) is 52.9 Å². The normalized spacial score (nSPS) is 20.4. The molecule has 3 heterocycles. The summed E-state index contributed by atoms with van der Waals surface area (Å²) in [7, 11) is 3.87. The Balaban J connectivity index is 0.00000289. The summed E-state index contributed by atoms with van der Waals surface area (Å²) < 4.78 is 1.89. The van der Waals surface area contributed by atoms with Crippen molar-refractivity contribution in [1.29, 1.82) is 0 Å². The zero-order chi connectivity index (χ0) is 21.6. The molecule has 2 aliphatic rings. The van der Waals surface area contributed by atoms with Crippen LogP contribution in [0, 0.1) is 0 Å². The van der Waals surface area contributed by atoms with Gasteiger partial charge in [-0.05, 0) is 29.7 Å². The van der Waals surface area contributed by atoms with E-state index in [1.54, 1.807) is 0 Å². The number of halogens is 1. The lowest BCUT2D eigenvalue weighted by molar-refractivity contribution is 0.131. The maximum atomic E-state index is 4.58. The smallest absolute Gasteiger partial charge is 0.193 e. The summed E-state index contributed by atoms with van der Waals surface area (Å²) in [4.78, 5) is 12.1. The Hall–Kier alpha value is -1.65. The van der Waals surface area contributed by atoms with Crippen LogP contribution in [0.2, 0.25) is 0 Å². The minimum atomic E-state index is 0. The molecule has 0 saturated carbocycles. The van der Waals surface area contributed by atoms with Gasteiger partial charge >= 0.3 is 0 Å². The van der Waals surface area contributed by atoms with Gasteiger partial charge in [-0.2, -0.15) is 5.10 Å². The molecular formula is C24H38IN7. The molecule has 4 rings (SSSR count). The van der Waals surface area contributed by atoms with Crippen molar-refractivity contribution in [3.8, 4) is 0 Å². The summed E-state index contributed by atoms with van der Waals surface area (Å²) in [5.41, 5.74) is 4.11. The van der Waals surface area contributed by atoms with Crippen molar-refractivity contribution in [2.45, 2.75) is 32.4 Å². The van der Waals surface area contributed by atoms with Crippen molar-refractivity contribution >= 4 is 29.9 Å². The molecule has 2 aliphatic heterocycles. The molecule has 0 spiro atoms. The molecule has 2 aromatic rings. The molecule has 0 amide bonds. The van der Waals surface area contributed by atoms with Gasteiger partial charge in [-0.1, -0.05) is 31.2 Å². The monoisotopic (exact) mass is 551 g/mol. The maximum Gasteiger partial charge on any atom is 0.193 e. The number of likely N-dealkylation sites (tertiary alicyclic amines) is 1. The highest BCUT2D eigenvalue weighted by Crippen LogP contribution is 2.26. The Labute approximate surface area is 209 Å². The highest BCUT2D eigenvalue weighted by atomic mass is 127. The third-order valence-electron chi connectivity index (χ3n) is 6.76. The largest absolute Gasteiger partial charge is 0.352 e. The third-order valence-corrected chi connectivity index (χ3v) is 6.76. The molecule has 176 valence electrons. The molecule has 1 aromatic carbocycles. The van der Waals surface area contributed by atoms with Crippen LogP contribution in [0.5, 0.6) is 0 Å². The van der Waals surface area contributed by atoms with Gasteiger partial charge in [0.15, 0.2) is 5.96 Å². The van der Waals surface area contributed by atoms with Gasteiger partial charge in [0, 0.05) is 78.6 Å². The predicted octanol–water partition coefficient (Wildman–Crippen LogP) is 2.74. The second-order valence-corrected chi connectivity index (χ2v) is 8.76. The van der Waals surface area contributed by atoms with Gasteiger partial charge in [-0.15, -0.1) is 24.0 Å². The topological polar surface area (TPSA) is 51.9 Å². The Morgan fingerprint density at radius 3 is 2.47 bits per heavy atom. The van der Waals surface area contributed by atoms with Crippen LogP contribution in [0.15, 0.2) is 41.7 Å². The number of aromatic nitrogens is 2. The number of hydrogen-bond donors (Lipinski definition) is 1. The minimum absolute atomic E-state index is 0. The first-order valence-electron chi connectivity index (χ1n) is 11.6. The van der Waals surface area contributed by atoms with Crippen LogP contribution >= 0.6 is 24.0 Å². The van der Waals surface area contributed by atoms with E-state index >= 15 is 0 Å². The van der Waals surface area contributed by atoms with Gasteiger partial charge < -0.3 is 15.1 Å². The number of aryl methyl sites for hydroxylation is 1. The maximum absolute atomic E-state index is 4.58. The lowest BCUT2D eigenvalue weighted by atomic mass is 10.0. The summed E-state index contributed by atoms with van der Waals surface area (Å²) in [5, 5.41) is 7.97. The fourth-order valence-electron chi connectivity index (χ4n) is 4.77. The van der Waals surface area contributed by atoms with Gasteiger partial charge in [0.2, 0.25) is 0 Å². The second kappa shape index (κ2) is 12.0. The molecule has 8 heteroatoms. The Bertz CT molecular complexity index is 873. The highest BCUT2D eigenvalue weighted by molar-refractivity contribution is 14.0. The Kier molecular flexibility index (Phi) is 9.36. The van der Waals surface area contributed by atoms with Gasteiger partial charge in [0.25, 0.3) is 0 Å². The van der Waals surface area contributed by atoms with Crippen LogP contribution in [-0.2, 0) is 20.1 Å². The number of rotatable bonds is 6. The summed E-state index contributed by atoms with van der Waals surface area (Å²) >= 11 is 0. The molecule has 1 atom stereocenters.